The monoisotopic (exact) mass is 376 g/mol. The van der Waals surface area contributed by atoms with E-state index in [9.17, 15) is 14.7 Å². The average Bonchev–Trinajstić information content (AvgIpc) is 2.81. The van der Waals surface area contributed by atoms with Gasteiger partial charge in [-0.2, -0.15) is 0 Å². The van der Waals surface area contributed by atoms with E-state index in [1.807, 2.05) is 18.2 Å². The summed E-state index contributed by atoms with van der Waals surface area (Å²) in [5.41, 5.74) is -0.0633. The van der Waals surface area contributed by atoms with Gasteiger partial charge in [0.05, 0.1) is 12.1 Å². The van der Waals surface area contributed by atoms with Crippen molar-refractivity contribution >= 4 is 11.8 Å². The Balaban J connectivity index is 2.24. The molecule has 1 fully saturated rings. The fourth-order valence-electron chi connectivity index (χ4n) is 3.72. The number of carbonyl (C=O) groups is 2. The van der Waals surface area contributed by atoms with Crippen molar-refractivity contribution in [3.63, 3.8) is 0 Å². The number of aliphatic hydroxyl groups is 1. The molecule has 2 amide bonds. The zero-order chi connectivity index (χ0) is 20.1. The van der Waals surface area contributed by atoms with Crippen LogP contribution >= 0.6 is 0 Å². The maximum atomic E-state index is 12.5. The number of rotatable bonds is 6. The molecule has 0 heterocycles. The molecule has 1 saturated carbocycles. The van der Waals surface area contributed by atoms with Crippen LogP contribution in [0.15, 0.2) is 30.3 Å². The van der Waals surface area contributed by atoms with Crippen LogP contribution in [0.4, 0.5) is 0 Å². The Labute approximate surface area is 161 Å². The van der Waals surface area contributed by atoms with Crippen LogP contribution in [0.25, 0.3) is 0 Å². The summed E-state index contributed by atoms with van der Waals surface area (Å²) in [6.45, 7) is 5.40. The van der Waals surface area contributed by atoms with Crippen molar-refractivity contribution in [1.82, 2.24) is 10.6 Å². The molecule has 6 heteroatoms. The second kappa shape index (κ2) is 8.85. The summed E-state index contributed by atoms with van der Waals surface area (Å²) in [6.07, 6.45) is 2.10. The van der Waals surface area contributed by atoms with Crippen LogP contribution in [0.5, 0.6) is 0 Å². The minimum absolute atomic E-state index is 0.138. The molecule has 1 aromatic rings. The molecule has 0 aliphatic heterocycles. The smallest absolute Gasteiger partial charge is 0.251 e. The lowest BCUT2D eigenvalue weighted by molar-refractivity contribution is -0.139. The van der Waals surface area contributed by atoms with Crippen LogP contribution in [0.3, 0.4) is 0 Å². The normalized spacial score (nSPS) is 26.1. The van der Waals surface area contributed by atoms with Crippen molar-refractivity contribution in [2.45, 2.75) is 69.6 Å². The molecule has 1 aromatic carbocycles. The van der Waals surface area contributed by atoms with Gasteiger partial charge in [-0.05, 0) is 45.1 Å². The molecule has 1 aliphatic rings. The first-order valence-electron chi connectivity index (χ1n) is 9.54. The van der Waals surface area contributed by atoms with E-state index >= 15 is 0 Å². The Kier molecular flexibility index (Phi) is 7.00. The van der Waals surface area contributed by atoms with Gasteiger partial charge in [0.1, 0.15) is 5.60 Å². The highest BCUT2D eigenvalue weighted by atomic mass is 16.5. The fourth-order valence-corrected chi connectivity index (χ4v) is 3.72. The second-order valence-electron chi connectivity index (χ2n) is 8.00. The quantitative estimate of drug-likeness (QED) is 0.662. The van der Waals surface area contributed by atoms with Crippen LogP contribution in [0.1, 0.15) is 52.0 Å². The van der Waals surface area contributed by atoms with Crippen molar-refractivity contribution < 1.29 is 19.4 Å². The zero-order valence-electron chi connectivity index (χ0n) is 16.7. The molecule has 0 unspecified atom stereocenters. The summed E-state index contributed by atoms with van der Waals surface area (Å²) in [6, 6.07) is 9.82. The second-order valence-corrected chi connectivity index (χ2v) is 8.00. The molecule has 0 radical (unpaired) electrons. The van der Waals surface area contributed by atoms with Gasteiger partial charge < -0.3 is 20.5 Å². The third kappa shape index (κ3) is 5.30. The SMILES string of the molecule is COC(C)(C)C(=O)NC[C@]1(c2ccccc2)CC[C@H](NC(C)=O)[C@@H](O)CC1. The van der Waals surface area contributed by atoms with E-state index in [4.69, 9.17) is 4.74 Å². The molecule has 3 atom stereocenters. The number of benzene rings is 1. The summed E-state index contributed by atoms with van der Waals surface area (Å²) >= 11 is 0. The van der Waals surface area contributed by atoms with Crippen molar-refractivity contribution in [2.24, 2.45) is 0 Å². The van der Waals surface area contributed by atoms with Gasteiger partial charge in [-0.3, -0.25) is 9.59 Å². The van der Waals surface area contributed by atoms with E-state index < -0.39 is 11.7 Å². The lowest BCUT2D eigenvalue weighted by atomic mass is 9.74. The maximum absolute atomic E-state index is 12.5. The number of amides is 2. The molecule has 0 aromatic heterocycles. The predicted octanol–water partition coefficient (Wildman–Crippen LogP) is 1.91. The Hall–Kier alpha value is -1.92. The van der Waals surface area contributed by atoms with E-state index in [2.05, 4.69) is 22.8 Å². The lowest BCUT2D eigenvalue weighted by Gasteiger charge is -2.35. The highest BCUT2D eigenvalue weighted by Crippen LogP contribution is 2.38. The van der Waals surface area contributed by atoms with Gasteiger partial charge in [0.15, 0.2) is 0 Å². The van der Waals surface area contributed by atoms with E-state index in [0.29, 0.717) is 19.4 Å². The number of methoxy groups -OCH3 is 1. The first-order valence-corrected chi connectivity index (χ1v) is 9.54. The third-order valence-corrected chi connectivity index (χ3v) is 5.74. The van der Waals surface area contributed by atoms with Crippen LogP contribution in [-0.2, 0) is 19.7 Å². The topological polar surface area (TPSA) is 87.7 Å². The number of carbonyl (C=O) groups excluding carboxylic acids is 2. The van der Waals surface area contributed by atoms with Gasteiger partial charge in [-0.15, -0.1) is 0 Å². The van der Waals surface area contributed by atoms with Crippen LogP contribution in [-0.4, -0.2) is 48.3 Å². The van der Waals surface area contributed by atoms with E-state index in [-0.39, 0.29) is 23.3 Å². The minimum atomic E-state index is -0.902. The molecular formula is C21H32N2O4. The van der Waals surface area contributed by atoms with Gasteiger partial charge in [0, 0.05) is 26.0 Å². The van der Waals surface area contributed by atoms with Crippen LogP contribution in [0.2, 0.25) is 0 Å². The average molecular weight is 376 g/mol. The van der Waals surface area contributed by atoms with Gasteiger partial charge in [-0.1, -0.05) is 30.3 Å². The van der Waals surface area contributed by atoms with Crippen molar-refractivity contribution in [3.05, 3.63) is 35.9 Å². The summed E-state index contributed by atoms with van der Waals surface area (Å²) in [4.78, 5) is 24.0. The van der Waals surface area contributed by atoms with Crippen molar-refractivity contribution in [1.29, 1.82) is 0 Å². The highest BCUT2D eigenvalue weighted by Gasteiger charge is 2.39. The molecule has 27 heavy (non-hydrogen) atoms. The maximum Gasteiger partial charge on any atom is 0.251 e. The van der Waals surface area contributed by atoms with Gasteiger partial charge >= 0.3 is 0 Å². The first-order chi connectivity index (χ1) is 12.7. The Morgan fingerprint density at radius 2 is 1.85 bits per heavy atom. The lowest BCUT2D eigenvalue weighted by Crippen LogP contribution is -2.49. The summed E-state index contributed by atoms with van der Waals surface area (Å²) in [5.74, 6) is -0.301. The number of ether oxygens (including phenoxy) is 1. The predicted molar refractivity (Wildman–Crippen MR) is 104 cm³/mol. The number of aliphatic hydroxyl groups excluding tert-OH is 1. The van der Waals surface area contributed by atoms with Crippen molar-refractivity contribution in [3.8, 4) is 0 Å². The summed E-state index contributed by atoms with van der Waals surface area (Å²) < 4.78 is 5.28. The summed E-state index contributed by atoms with van der Waals surface area (Å²) in [7, 11) is 1.52. The van der Waals surface area contributed by atoms with E-state index in [1.165, 1.54) is 14.0 Å². The standard InChI is InChI=1S/C21H32N2O4/c1-15(24)23-17-10-12-21(13-11-18(17)25,16-8-6-5-7-9-16)14-22-19(26)20(2,3)27-4/h5-9,17-18,25H,10-14H2,1-4H3,(H,22,26)(H,23,24)/t17-,18-,21-/m0/s1. The molecule has 0 bridgehead atoms. The number of nitrogens with one attached hydrogen (secondary N) is 2. The van der Waals surface area contributed by atoms with E-state index in [1.54, 1.807) is 13.8 Å². The fraction of sp³-hybridized carbons (Fsp3) is 0.619. The van der Waals surface area contributed by atoms with Gasteiger partial charge in [-0.25, -0.2) is 0 Å². The molecule has 0 spiro atoms. The highest BCUT2D eigenvalue weighted by molar-refractivity contribution is 5.84. The molecular weight excluding hydrogens is 344 g/mol. The molecule has 6 nitrogen and oxygen atoms in total. The number of hydrogen-bond donors (Lipinski definition) is 3. The Morgan fingerprint density at radius 3 is 2.44 bits per heavy atom. The molecule has 150 valence electrons. The minimum Gasteiger partial charge on any atom is -0.391 e. The molecule has 2 rings (SSSR count). The third-order valence-electron chi connectivity index (χ3n) is 5.74. The molecule has 3 N–H and O–H groups in total. The largest absolute Gasteiger partial charge is 0.391 e. The van der Waals surface area contributed by atoms with Crippen molar-refractivity contribution in [2.75, 3.05) is 13.7 Å². The Morgan fingerprint density at radius 1 is 1.22 bits per heavy atom. The zero-order valence-corrected chi connectivity index (χ0v) is 16.7. The number of hydrogen-bond acceptors (Lipinski definition) is 4. The van der Waals surface area contributed by atoms with E-state index in [0.717, 1.165) is 18.4 Å². The molecule has 0 saturated heterocycles. The van der Waals surface area contributed by atoms with Crippen LogP contribution in [0, 0.1) is 0 Å². The van der Waals surface area contributed by atoms with Gasteiger partial charge in [0.2, 0.25) is 5.91 Å². The van der Waals surface area contributed by atoms with Crippen LogP contribution < -0.4 is 10.6 Å². The molecule has 1 aliphatic carbocycles. The summed E-state index contributed by atoms with van der Waals surface area (Å²) in [5, 5.41) is 16.4. The van der Waals surface area contributed by atoms with Gasteiger partial charge in [0.25, 0.3) is 5.91 Å². The first kappa shape index (κ1) is 21.4. The Bertz CT molecular complexity index is 647.